The third-order valence-corrected chi connectivity index (χ3v) is 20.3. The number of aromatic hydroxyl groups is 1. The average molecular weight is 1070 g/mol. The molecule has 0 saturated carbocycles. The van der Waals surface area contributed by atoms with Crippen LogP contribution >= 0.6 is 0 Å². The van der Waals surface area contributed by atoms with Crippen LogP contribution < -0.4 is 24.9 Å². The predicted octanol–water partition coefficient (Wildman–Crippen LogP) is 7.58. The largest absolute Gasteiger partial charge is 0.540 e. The number of fused-ring (bicyclic) bond motifs is 2. The number of nitrogens with one attached hydrogen (secondary N) is 2. The van der Waals surface area contributed by atoms with Crippen LogP contribution in [0.1, 0.15) is 130 Å². The molecular formula is C55H76N10O10Si. The molecule has 0 radical (unpaired) electrons. The summed E-state index contributed by atoms with van der Waals surface area (Å²) in [6.07, 6.45) is 19.3. The van der Waals surface area contributed by atoms with Crippen LogP contribution in [0.3, 0.4) is 0 Å². The molecule has 21 heteroatoms. The van der Waals surface area contributed by atoms with Crippen LogP contribution in [-0.4, -0.2) is 145 Å². The van der Waals surface area contributed by atoms with E-state index in [-0.39, 0.29) is 73.1 Å². The highest BCUT2D eigenvalue weighted by Crippen LogP contribution is 2.46. The fourth-order valence-electron chi connectivity index (χ4n) is 10.2. The zero-order valence-corrected chi connectivity index (χ0v) is 47.3. The van der Waals surface area contributed by atoms with Gasteiger partial charge in [-0.15, -0.1) is 0 Å². The molecule has 4 heterocycles. The molecule has 76 heavy (non-hydrogen) atoms. The third-order valence-electron chi connectivity index (χ3n) is 14.4. The molecule has 0 bridgehead atoms. The number of aryl methyl sites for hydroxylation is 1. The summed E-state index contributed by atoms with van der Waals surface area (Å²) >= 11 is 0. The van der Waals surface area contributed by atoms with Crippen LogP contribution in [0.5, 0.6) is 11.5 Å². The smallest absolute Gasteiger partial charge is 0.336 e. The van der Waals surface area contributed by atoms with Crippen molar-refractivity contribution in [3.8, 4) is 11.5 Å². The van der Waals surface area contributed by atoms with Gasteiger partial charge in [0.2, 0.25) is 0 Å². The van der Waals surface area contributed by atoms with E-state index >= 15 is 0 Å². The van der Waals surface area contributed by atoms with Gasteiger partial charge in [-0.25, -0.2) is 14.8 Å². The van der Waals surface area contributed by atoms with E-state index < -0.39 is 49.7 Å². The molecular weight excluding hydrogens is 989 g/mol. The molecule has 2 atom stereocenters. The number of pyridine rings is 4. The highest BCUT2D eigenvalue weighted by molar-refractivity contribution is 6.78. The SMILES string of the molecule is CC(C)[Si](Oc1c(C(=O)NCCC2CC=CCC2)nc(N(C)C(=O)C(=O)N(C)C)c2c(C(=O)O)ccnc12)(C(C)C)C(C)C.Cc1ccnc2c(O)c(C(=O)NCCC3CC=CCC3)nc(N(C)C(=O)C(=O)N(C)C)c12. The summed E-state index contributed by atoms with van der Waals surface area (Å²) in [6.45, 7) is 15.2. The van der Waals surface area contributed by atoms with Crippen molar-refractivity contribution in [3.63, 3.8) is 0 Å². The van der Waals surface area contributed by atoms with Crippen LogP contribution in [-0.2, 0) is 19.2 Å². The van der Waals surface area contributed by atoms with Gasteiger partial charge in [-0.05, 0) is 104 Å². The number of carbonyl (C=O) groups excluding carboxylic acids is 6. The van der Waals surface area contributed by atoms with Gasteiger partial charge in [0.05, 0.1) is 16.3 Å². The summed E-state index contributed by atoms with van der Waals surface area (Å²) in [5, 5.41) is 27.2. The van der Waals surface area contributed by atoms with Crippen molar-refractivity contribution < 1.29 is 48.2 Å². The van der Waals surface area contributed by atoms with Crippen LogP contribution in [0.2, 0.25) is 16.6 Å². The van der Waals surface area contributed by atoms with E-state index in [1.54, 1.807) is 13.0 Å². The zero-order chi connectivity index (χ0) is 56.3. The molecule has 2 unspecified atom stereocenters. The number of carboxylic acids is 1. The van der Waals surface area contributed by atoms with E-state index in [1.165, 1.54) is 65.6 Å². The van der Waals surface area contributed by atoms with Crippen molar-refractivity contribution in [3.05, 3.63) is 71.3 Å². The Hall–Kier alpha value is -7.29. The minimum Gasteiger partial charge on any atom is -0.540 e. The van der Waals surface area contributed by atoms with Gasteiger partial charge >= 0.3 is 29.6 Å². The Kier molecular flexibility index (Phi) is 20.4. The van der Waals surface area contributed by atoms with Gasteiger partial charge < -0.3 is 35.1 Å². The molecule has 20 nitrogen and oxygen atoms in total. The van der Waals surface area contributed by atoms with Gasteiger partial charge in [0.1, 0.15) is 22.7 Å². The highest BCUT2D eigenvalue weighted by Gasteiger charge is 2.48. The van der Waals surface area contributed by atoms with Crippen molar-refractivity contribution in [2.75, 3.05) is 65.2 Å². The molecule has 0 saturated heterocycles. The van der Waals surface area contributed by atoms with Crippen LogP contribution in [0.25, 0.3) is 21.8 Å². The Balaban J connectivity index is 0.000000295. The number of nitrogens with zero attached hydrogens (tertiary/aromatic N) is 8. The summed E-state index contributed by atoms with van der Waals surface area (Å²) in [6, 6.07) is 3.01. The van der Waals surface area contributed by atoms with Crippen molar-refractivity contribution in [1.82, 2.24) is 40.4 Å². The van der Waals surface area contributed by atoms with E-state index in [4.69, 9.17) is 4.43 Å². The average Bonchev–Trinajstić information content (AvgIpc) is 3.40. The maximum absolute atomic E-state index is 14.0. The number of hydrogen-bond acceptors (Lipinski definition) is 13. The maximum Gasteiger partial charge on any atom is 0.336 e. The van der Waals surface area contributed by atoms with Crippen molar-refractivity contribution in [2.24, 2.45) is 11.8 Å². The lowest BCUT2D eigenvalue weighted by Gasteiger charge is -2.42. The Morgan fingerprint density at radius 3 is 1.54 bits per heavy atom. The number of allylic oxidation sites excluding steroid dienone is 4. The van der Waals surface area contributed by atoms with E-state index in [2.05, 4.69) is 96.4 Å². The van der Waals surface area contributed by atoms with Gasteiger partial charge in [-0.1, -0.05) is 65.8 Å². The number of likely N-dealkylation sites (N-methyl/N-ethyl adjacent to an activating group) is 4. The lowest BCUT2D eigenvalue weighted by atomic mass is 9.91. The normalized spacial score (nSPS) is 15.3. The Bertz CT molecular complexity index is 2880. The molecule has 0 aliphatic heterocycles. The molecule has 0 spiro atoms. The molecule has 410 valence electrons. The number of rotatable bonds is 16. The fourth-order valence-corrected chi connectivity index (χ4v) is 15.4. The molecule has 0 fully saturated rings. The second-order valence-electron chi connectivity index (χ2n) is 20.9. The molecule has 4 N–H and O–H groups in total. The summed E-state index contributed by atoms with van der Waals surface area (Å²) in [7, 11) is 5.85. The van der Waals surface area contributed by atoms with E-state index in [0.29, 0.717) is 35.9 Å². The van der Waals surface area contributed by atoms with Crippen LogP contribution in [0, 0.1) is 18.8 Å². The van der Waals surface area contributed by atoms with Gasteiger partial charge in [0.25, 0.3) is 20.1 Å². The molecule has 6 rings (SSSR count). The minimum atomic E-state index is -2.72. The first-order valence-electron chi connectivity index (χ1n) is 25.9. The van der Waals surface area contributed by atoms with Crippen molar-refractivity contribution in [2.45, 2.75) is 116 Å². The van der Waals surface area contributed by atoms with E-state index in [9.17, 15) is 43.8 Å². The molecule has 6 amide bonds. The lowest BCUT2D eigenvalue weighted by molar-refractivity contribution is -0.142. The molecule has 4 aromatic heterocycles. The van der Waals surface area contributed by atoms with Gasteiger partial charge in [-0.2, -0.15) is 0 Å². The maximum atomic E-state index is 14.0. The topological polar surface area (TPSA) is 258 Å². The van der Waals surface area contributed by atoms with Crippen LogP contribution in [0.15, 0.2) is 48.8 Å². The van der Waals surface area contributed by atoms with Gasteiger partial charge in [0, 0.05) is 67.8 Å². The third kappa shape index (κ3) is 13.2. The van der Waals surface area contributed by atoms with E-state index in [0.717, 1.165) is 66.1 Å². The molecule has 2 aliphatic rings. The molecule has 4 aromatic rings. The fraction of sp³-hybridized carbons (Fsp3) is 0.509. The summed E-state index contributed by atoms with van der Waals surface area (Å²) in [5.41, 5.74) is 0.812. The van der Waals surface area contributed by atoms with Crippen molar-refractivity contribution in [1.29, 1.82) is 0 Å². The van der Waals surface area contributed by atoms with Crippen molar-refractivity contribution >= 4 is 83.2 Å². The number of amides is 6. The molecule has 2 aliphatic carbocycles. The van der Waals surface area contributed by atoms with Crippen LogP contribution in [0.4, 0.5) is 11.6 Å². The summed E-state index contributed by atoms with van der Waals surface area (Å²) < 4.78 is 7.04. The quantitative estimate of drug-likeness (QED) is 0.0479. The summed E-state index contributed by atoms with van der Waals surface area (Å²) in [5.74, 6) is -5.01. The first-order chi connectivity index (χ1) is 35.9. The summed E-state index contributed by atoms with van der Waals surface area (Å²) in [4.78, 5) is 112. The number of anilines is 2. The first-order valence-corrected chi connectivity index (χ1v) is 28.1. The highest BCUT2D eigenvalue weighted by atomic mass is 28.4. The number of carboxylic acid groups (broad SMARTS) is 1. The number of aromatic nitrogens is 4. The van der Waals surface area contributed by atoms with Gasteiger partial charge in [0.15, 0.2) is 22.9 Å². The minimum absolute atomic E-state index is 0.0158. The number of aromatic carboxylic acids is 1. The van der Waals surface area contributed by atoms with E-state index in [1.807, 2.05) is 0 Å². The number of carbonyl (C=O) groups is 7. The second kappa shape index (κ2) is 26.0. The standard InChI is InChI=1S/C32H47N5O6Si.C23H29N5O4/c1-19(2)44(20(3)4,21(5)6)43-27-25-24(23(32(41)42)16-18-33-25)28(37(9)31(40)30(39)36(7)8)35-26(27)29(38)34-17-15-22-13-11-10-12-14-22;1-14-10-12-24-17-16(14)20(28(4)23(32)22(31)27(2)3)26-18(19(17)29)21(30)25-13-11-15-8-6-5-7-9-15/h10-11,16,18-22H,12-15,17H2,1-9H3,(H,34,38)(H,41,42);5-6,10,12,15,29H,7-9,11,13H2,1-4H3,(H,25,30). The molecule has 0 aromatic carbocycles. The lowest BCUT2D eigenvalue weighted by Crippen LogP contribution is -2.51. The monoisotopic (exact) mass is 1060 g/mol. The number of hydrogen-bond donors (Lipinski definition) is 4. The second-order valence-corrected chi connectivity index (χ2v) is 26.3. The Morgan fingerprint density at radius 2 is 1.09 bits per heavy atom. The Labute approximate surface area is 446 Å². The van der Waals surface area contributed by atoms with Gasteiger partial charge in [-0.3, -0.25) is 48.5 Å². The zero-order valence-electron chi connectivity index (χ0n) is 46.3. The predicted molar refractivity (Wildman–Crippen MR) is 295 cm³/mol. The Morgan fingerprint density at radius 1 is 0.645 bits per heavy atom. The first kappa shape index (κ1) is 59.6.